The van der Waals surface area contributed by atoms with Gasteiger partial charge in [-0.3, -0.25) is 0 Å². The van der Waals surface area contributed by atoms with Gasteiger partial charge in [0, 0.05) is 6.07 Å². The van der Waals surface area contributed by atoms with Crippen molar-refractivity contribution in [3.63, 3.8) is 0 Å². The van der Waals surface area contributed by atoms with E-state index >= 15 is 0 Å². The van der Waals surface area contributed by atoms with Crippen molar-refractivity contribution in [1.82, 2.24) is 4.98 Å². The molecule has 10 heavy (non-hydrogen) atoms. The van der Waals surface area contributed by atoms with Gasteiger partial charge in [-0.15, -0.1) is 0 Å². The minimum atomic E-state index is -0.0310. The quantitative estimate of drug-likeness (QED) is 0.533. The lowest BCUT2D eigenvalue weighted by molar-refractivity contribution is 0.473. The average Bonchev–Trinajstić information content (AvgIpc) is 1.88. The number of aromatic nitrogens is 1. The van der Waals surface area contributed by atoms with Crippen LogP contribution in [0.15, 0.2) is 12.3 Å². The summed E-state index contributed by atoms with van der Waals surface area (Å²) in [6.45, 7) is 0. The molecule has 4 nitrogen and oxygen atoms in total. The van der Waals surface area contributed by atoms with Gasteiger partial charge in [0.25, 0.3) is 0 Å². The summed E-state index contributed by atoms with van der Waals surface area (Å²) in [5.41, 5.74) is 5.62. The maximum Gasteiger partial charge on any atom is 0.163 e. The molecule has 0 spiro atoms. The highest BCUT2D eigenvalue weighted by Crippen LogP contribution is 2.13. The second-order valence-electron chi connectivity index (χ2n) is 1.74. The van der Waals surface area contributed by atoms with Crippen LogP contribution in [0.25, 0.3) is 0 Å². The van der Waals surface area contributed by atoms with Crippen LogP contribution in [0, 0.1) is 11.3 Å². The zero-order valence-corrected chi connectivity index (χ0v) is 5.07. The lowest BCUT2D eigenvalue weighted by Crippen LogP contribution is -1.91. The first-order valence-electron chi connectivity index (χ1n) is 2.58. The molecule has 50 valence electrons. The summed E-state index contributed by atoms with van der Waals surface area (Å²) >= 11 is 0. The van der Waals surface area contributed by atoms with E-state index in [0.29, 0.717) is 0 Å². The second-order valence-corrected chi connectivity index (χ2v) is 1.74. The Morgan fingerprint density at radius 3 is 2.90 bits per heavy atom. The van der Waals surface area contributed by atoms with E-state index in [1.54, 1.807) is 6.07 Å². The number of rotatable bonds is 0. The first-order valence-corrected chi connectivity index (χ1v) is 2.58. The van der Waals surface area contributed by atoms with Crippen molar-refractivity contribution < 1.29 is 5.11 Å². The van der Waals surface area contributed by atoms with Crippen LogP contribution in [-0.2, 0) is 0 Å². The number of anilines is 1. The third-order valence-electron chi connectivity index (χ3n) is 1.01. The summed E-state index contributed by atoms with van der Waals surface area (Å²) in [5, 5.41) is 17.1. The maximum absolute atomic E-state index is 8.78. The zero-order chi connectivity index (χ0) is 7.56. The van der Waals surface area contributed by atoms with E-state index < -0.39 is 0 Å². The van der Waals surface area contributed by atoms with Crippen LogP contribution in [0.1, 0.15) is 5.69 Å². The zero-order valence-electron chi connectivity index (χ0n) is 5.07. The molecule has 0 radical (unpaired) electrons. The van der Waals surface area contributed by atoms with Gasteiger partial charge in [0.1, 0.15) is 11.8 Å². The largest absolute Gasteiger partial charge is 0.506 e. The number of nitrogen functional groups attached to an aromatic ring is 1. The van der Waals surface area contributed by atoms with Gasteiger partial charge in [-0.25, -0.2) is 4.98 Å². The molecule has 1 aromatic rings. The normalized spacial score (nSPS) is 8.70. The van der Waals surface area contributed by atoms with E-state index in [0.717, 1.165) is 0 Å². The molecule has 0 aromatic carbocycles. The van der Waals surface area contributed by atoms with Crippen molar-refractivity contribution in [2.75, 3.05) is 5.73 Å². The van der Waals surface area contributed by atoms with Crippen LogP contribution in [0.5, 0.6) is 5.75 Å². The summed E-state index contributed by atoms with van der Waals surface area (Å²) < 4.78 is 0. The van der Waals surface area contributed by atoms with Gasteiger partial charge in [-0.1, -0.05) is 0 Å². The highest BCUT2D eigenvalue weighted by atomic mass is 16.3. The molecule has 1 heterocycles. The van der Waals surface area contributed by atoms with Crippen LogP contribution in [0.4, 0.5) is 5.69 Å². The molecule has 0 bridgehead atoms. The number of aromatic hydroxyl groups is 1. The van der Waals surface area contributed by atoms with Gasteiger partial charge >= 0.3 is 0 Å². The first kappa shape index (κ1) is 6.36. The van der Waals surface area contributed by atoms with Crippen LogP contribution in [0.3, 0.4) is 0 Å². The Hall–Kier alpha value is -1.76. The summed E-state index contributed by atoms with van der Waals surface area (Å²) in [7, 11) is 0. The molecule has 0 saturated heterocycles. The van der Waals surface area contributed by atoms with Gasteiger partial charge in [0.15, 0.2) is 5.69 Å². The molecule has 0 aliphatic carbocycles. The highest BCUT2D eigenvalue weighted by molar-refractivity contribution is 5.52. The second kappa shape index (κ2) is 2.23. The average molecular weight is 135 g/mol. The van der Waals surface area contributed by atoms with Crippen LogP contribution < -0.4 is 5.73 Å². The Kier molecular flexibility index (Phi) is 1.42. The van der Waals surface area contributed by atoms with E-state index in [-0.39, 0.29) is 17.1 Å². The number of pyridine rings is 1. The predicted molar refractivity (Wildman–Crippen MR) is 35.0 cm³/mol. The number of hydrogen-bond donors (Lipinski definition) is 2. The number of nitrogens with two attached hydrogens (primary N) is 1. The maximum atomic E-state index is 8.78. The standard InChI is InChI=1S/C6H5N3O/c7-2-6-5(8)1-4(10)3-9-6/h1,3,10H,8H2. The monoisotopic (exact) mass is 135 g/mol. The van der Waals surface area contributed by atoms with Crippen LogP contribution in [-0.4, -0.2) is 10.1 Å². The smallest absolute Gasteiger partial charge is 0.163 e. The lowest BCUT2D eigenvalue weighted by Gasteiger charge is -1.94. The Morgan fingerprint density at radius 2 is 2.40 bits per heavy atom. The van der Waals surface area contributed by atoms with Gasteiger partial charge in [0.2, 0.25) is 0 Å². The Balaban J connectivity index is 3.23. The molecule has 1 aromatic heterocycles. The van der Waals surface area contributed by atoms with Gasteiger partial charge < -0.3 is 10.8 Å². The summed E-state index contributed by atoms with van der Waals surface area (Å²) in [6.07, 6.45) is 1.18. The molecule has 0 fully saturated rings. The Morgan fingerprint density at radius 1 is 1.70 bits per heavy atom. The molecule has 0 aliphatic rings. The minimum absolute atomic E-state index is 0.0310. The number of nitrogens with zero attached hydrogens (tertiary/aromatic N) is 2. The molecule has 0 saturated carbocycles. The van der Waals surface area contributed by atoms with Crippen molar-refractivity contribution in [2.24, 2.45) is 0 Å². The van der Waals surface area contributed by atoms with Crippen LogP contribution in [0.2, 0.25) is 0 Å². The predicted octanol–water partition coefficient (Wildman–Crippen LogP) is 0.241. The van der Waals surface area contributed by atoms with E-state index in [1.165, 1.54) is 12.3 Å². The van der Waals surface area contributed by atoms with E-state index in [2.05, 4.69) is 4.98 Å². The summed E-state index contributed by atoms with van der Waals surface area (Å²) in [4.78, 5) is 3.56. The molecule has 0 atom stereocenters. The van der Waals surface area contributed by atoms with Crippen molar-refractivity contribution in [3.8, 4) is 11.8 Å². The number of hydrogen-bond acceptors (Lipinski definition) is 4. The third-order valence-corrected chi connectivity index (χ3v) is 1.01. The summed E-state index contributed by atoms with van der Waals surface area (Å²) in [6, 6.07) is 3.06. The molecule has 1 rings (SSSR count). The van der Waals surface area contributed by atoms with E-state index in [4.69, 9.17) is 16.1 Å². The lowest BCUT2D eigenvalue weighted by atomic mass is 10.3. The molecule has 3 N–H and O–H groups in total. The SMILES string of the molecule is N#Cc1ncc(O)cc1N. The molecular formula is C6H5N3O. The van der Waals surface area contributed by atoms with Crippen molar-refractivity contribution in [2.45, 2.75) is 0 Å². The third kappa shape index (κ3) is 0.977. The summed E-state index contributed by atoms with van der Waals surface area (Å²) in [5.74, 6) is -0.0310. The molecule has 0 aliphatic heterocycles. The van der Waals surface area contributed by atoms with E-state index in [1.807, 2.05) is 0 Å². The molecule has 0 amide bonds. The van der Waals surface area contributed by atoms with Crippen molar-refractivity contribution >= 4 is 5.69 Å². The fraction of sp³-hybridized carbons (Fsp3) is 0. The fourth-order valence-corrected chi connectivity index (χ4v) is 0.564. The molecular weight excluding hydrogens is 130 g/mol. The molecule has 0 unspecified atom stereocenters. The van der Waals surface area contributed by atoms with E-state index in [9.17, 15) is 0 Å². The molecule has 4 heteroatoms. The van der Waals surface area contributed by atoms with Crippen molar-refractivity contribution in [1.29, 1.82) is 5.26 Å². The minimum Gasteiger partial charge on any atom is -0.506 e. The number of nitriles is 1. The topological polar surface area (TPSA) is 82.9 Å². The Bertz CT molecular complexity index is 290. The fourth-order valence-electron chi connectivity index (χ4n) is 0.564. The Labute approximate surface area is 57.5 Å². The van der Waals surface area contributed by atoms with Crippen LogP contribution >= 0.6 is 0 Å². The van der Waals surface area contributed by atoms with Gasteiger partial charge in [-0.05, 0) is 0 Å². The van der Waals surface area contributed by atoms with Crippen molar-refractivity contribution in [3.05, 3.63) is 18.0 Å². The highest BCUT2D eigenvalue weighted by Gasteiger charge is 1.98. The first-order chi connectivity index (χ1) is 4.74. The van der Waals surface area contributed by atoms with Gasteiger partial charge in [0.05, 0.1) is 11.9 Å². The van der Waals surface area contributed by atoms with Gasteiger partial charge in [-0.2, -0.15) is 5.26 Å².